The van der Waals surface area contributed by atoms with Crippen molar-refractivity contribution in [1.29, 1.82) is 0 Å². The molecule has 1 atom stereocenters. The van der Waals surface area contributed by atoms with Crippen molar-refractivity contribution in [3.63, 3.8) is 0 Å². The molecule has 1 unspecified atom stereocenters. The standard InChI is InChI=1S/C15H19FN2O2/c1-9(17)6-12-4-5-15(14(16)7-12)19-8-13-10(2)18-20-11(13)3/h4-5,7,9H,6,8,17H2,1-3H3. The first-order valence-corrected chi connectivity index (χ1v) is 6.56. The third kappa shape index (κ3) is 3.36. The second kappa shape index (κ2) is 6.05. The van der Waals surface area contributed by atoms with Gasteiger partial charge in [0.2, 0.25) is 0 Å². The molecule has 0 aliphatic heterocycles. The Hall–Kier alpha value is -1.88. The fourth-order valence-electron chi connectivity index (χ4n) is 2.02. The van der Waals surface area contributed by atoms with E-state index in [-0.39, 0.29) is 24.2 Å². The van der Waals surface area contributed by atoms with E-state index in [1.165, 1.54) is 6.07 Å². The van der Waals surface area contributed by atoms with Crippen LogP contribution in [-0.4, -0.2) is 11.2 Å². The largest absolute Gasteiger partial charge is 0.486 e. The van der Waals surface area contributed by atoms with Crippen LogP contribution in [0.3, 0.4) is 0 Å². The van der Waals surface area contributed by atoms with Gasteiger partial charge in [-0.25, -0.2) is 4.39 Å². The van der Waals surface area contributed by atoms with Gasteiger partial charge < -0.3 is 15.0 Å². The summed E-state index contributed by atoms with van der Waals surface area (Å²) in [5, 5.41) is 3.84. The van der Waals surface area contributed by atoms with E-state index in [0.29, 0.717) is 12.2 Å². The highest BCUT2D eigenvalue weighted by Gasteiger charge is 2.11. The molecule has 0 fully saturated rings. The number of hydrogen-bond donors (Lipinski definition) is 1. The summed E-state index contributed by atoms with van der Waals surface area (Å²) in [5.74, 6) is 0.532. The van der Waals surface area contributed by atoms with Gasteiger partial charge in [-0.05, 0) is 44.9 Å². The molecule has 0 aliphatic carbocycles. The van der Waals surface area contributed by atoms with E-state index in [1.54, 1.807) is 13.0 Å². The molecule has 20 heavy (non-hydrogen) atoms. The van der Waals surface area contributed by atoms with E-state index in [1.807, 2.05) is 19.9 Å². The molecule has 0 spiro atoms. The van der Waals surface area contributed by atoms with Crippen molar-refractivity contribution in [2.24, 2.45) is 5.73 Å². The molecule has 1 heterocycles. The van der Waals surface area contributed by atoms with E-state index < -0.39 is 0 Å². The topological polar surface area (TPSA) is 61.3 Å². The molecule has 5 heteroatoms. The average molecular weight is 278 g/mol. The molecular weight excluding hydrogens is 259 g/mol. The maximum absolute atomic E-state index is 13.9. The third-order valence-electron chi connectivity index (χ3n) is 3.11. The summed E-state index contributed by atoms with van der Waals surface area (Å²) in [5.41, 5.74) is 8.17. The lowest BCUT2D eigenvalue weighted by Gasteiger charge is -2.10. The zero-order valence-electron chi connectivity index (χ0n) is 11.9. The predicted molar refractivity (Wildman–Crippen MR) is 74.1 cm³/mol. The van der Waals surface area contributed by atoms with Gasteiger partial charge in [-0.2, -0.15) is 0 Å². The maximum atomic E-state index is 13.9. The summed E-state index contributed by atoms with van der Waals surface area (Å²) >= 11 is 0. The van der Waals surface area contributed by atoms with Crippen molar-refractivity contribution in [3.8, 4) is 5.75 Å². The van der Waals surface area contributed by atoms with E-state index in [0.717, 1.165) is 16.8 Å². The Morgan fingerprint density at radius 1 is 1.40 bits per heavy atom. The molecule has 1 aromatic heterocycles. The van der Waals surface area contributed by atoms with Gasteiger partial charge in [-0.3, -0.25) is 0 Å². The van der Waals surface area contributed by atoms with Crippen LogP contribution in [0.2, 0.25) is 0 Å². The van der Waals surface area contributed by atoms with Gasteiger partial charge in [0.1, 0.15) is 12.4 Å². The molecule has 2 N–H and O–H groups in total. The molecule has 2 rings (SSSR count). The molecule has 0 aliphatic rings. The van der Waals surface area contributed by atoms with Crippen molar-refractivity contribution in [2.75, 3.05) is 0 Å². The number of benzene rings is 1. The zero-order valence-corrected chi connectivity index (χ0v) is 11.9. The number of halogens is 1. The summed E-state index contributed by atoms with van der Waals surface area (Å²) in [6.45, 7) is 5.77. The normalized spacial score (nSPS) is 12.4. The van der Waals surface area contributed by atoms with Crippen LogP contribution in [0.15, 0.2) is 22.7 Å². The average Bonchev–Trinajstić information content (AvgIpc) is 2.68. The lowest BCUT2D eigenvalue weighted by Crippen LogP contribution is -2.17. The van der Waals surface area contributed by atoms with Gasteiger partial charge in [-0.1, -0.05) is 11.2 Å². The van der Waals surface area contributed by atoms with Crippen LogP contribution in [0.5, 0.6) is 5.75 Å². The van der Waals surface area contributed by atoms with Crippen molar-refractivity contribution < 1.29 is 13.7 Å². The number of aromatic nitrogens is 1. The molecule has 108 valence electrons. The van der Waals surface area contributed by atoms with E-state index >= 15 is 0 Å². The first kappa shape index (κ1) is 14.5. The Labute approximate surface area is 117 Å². The van der Waals surface area contributed by atoms with Gasteiger partial charge in [0, 0.05) is 6.04 Å². The number of nitrogens with two attached hydrogens (primary N) is 1. The van der Waals surface area contributed by atoms with E-state index in [2.05, 4.69) is 5.16 Å². The Morgan fingerprint density at radius 2 is 2.15 bits per heavy atom. The Bertz CT molecular complexity index is 574. The minimum absolute atomic E-state index is 0.00322. The van der Waals surface area contributed by atoms with Crippen molar-refractivity contribution in [1.82, 2.24) is 5.16 Å². The van der Waals surface area contributed by atoms with Gasteiger partial charge in [0.25, 0.3) is 0 Å². The van der Waals surface area contributed by atoms with Crippen LogP contribution in [0.4, 0.5) is 4.39 Å². The minimum Gasteiger partial charge on any atom is -0.486 e. The van der Waals surface area contributed by atoms with E-state index in [9.17, 15) is 4.39 Å². The molecule has 2 aromatic rings. The number of ether oxygens (including phenoxy) is 1. The molecular formula is C15H19FN2O2. The monoisotopic (exact) mass is 278 g/mol. The van der Waals surface area contributed by atoms with Crippen LogP contribution >= 0.6 is 0 Å². The smallest absolute Gasteiger partial charge is 0.165 e. The fraction of sp³-hybridized carbons (Fsp3) is 0.400. The van der Waals surface area contributed by atoms with Gasteiger partial charge in [-0.15, -0.1) is 0 Å². The van der Waals surface area contributed by atoms with E-state index in [4.69, 9.17) is 15.0 Å². The van der Waals surface area contributed by atoms with Crippen LogP contribution < -0.4 is 10.5 Å². The molecule has 0 amide bonds. The number of rotatable bonds is 5. The molecule has 0 bridgehead atoms. The lowest BCUT2D eigenvalue weighted by molar-refractivity contribution is 0.286. The summed E-state index contributed by atoms with van der Waals surface area (Å²) in [6, 6.07) is 4.93. The first-order valence-electron chi connectivity index (χ1n) is 6.56. The van der Waals surface area contributed by atoms with Crippen molar-refractivity contribution >= 4 is 0 Å². The number of hydrogen-bond acceptors (Lipinski definition) is 4. The number of nitrogens with zero attached hydrogens (tertiary/aromatic N) is 1. The summed E-state index contributed by atoms with van der Waals surface area (Å²) in [7, 11) is 0. The first-order chi connectivity index (χ1) is 9.47. The van der Waals surface area contributed by atoms with Crippen LogP contribution in [0.1, 0.15) is 29.5 Å². The maximum Gasteiger partial charge on any atom is 0.165 e. The third-order valence-corrected chi connectivity index (χ3v) is 3.11. The molecule has 0 saturated heterocycles. The second-order valence-corrected chi connectivity index (χ2v) is 5.04. The second-order valence-electron chi connectivity index (χ2n) is 5.04. The van der Waals surface area contributed by atoms with Gasteiger partial charge in [0.05, 0.1) is 11.3 Å². The summed E-state index contributed by atoms with van der Waals surface area (Å²) < 4.78 is 24.5. The van der Waals surface area contributed by atoms with Gasteiger partial charge >= 0.3 is 0 Å². The Morgan fingerprint density at radius 3 is 2.70 bits per heavy atom. The van der Waals surface area contributed by atoms with Gasteiger partial charge in [0.15, 0.2) is 11.6 Å². The lowest BCUT2D eigenvalue weighted by atomic mass is 10.1. The number of aryl methyl sites for hydroxylation is 2. The van der Waals surface area contributed by atoms with Crippen molar-refractivity contribution in [2.45, 2.75) is 39.8 Å². The highest BCUT2D eigenvalue weighted by molar-refractivity contribution is 5.30. The van der Waals surface area contributed by atoms with Crippen LogP contribution in [0, 0.1) is 19.7 Å². The quantitative estimate of drug-likeness (QED) is 0.913. The van der Waals surface area contributed by atoms with Crippen LogP contribution in [0.25, 0.3) is 0 Å². The zero-order chi connectivity index (χ0) is 14.7. The molecule has 0 radical (unpaired) electrons. The molecule has 0 saturated carbocycles. The SMILES string of the molecule is Cc1noc(C)c1COc1ccc(CC(C)N)cc1F. The van der Waals surface area contributed by atoms with Crippen LogP contribution in [-0.2, 0) is 13.0 Å². The predicted octanol–water partition coefficient (Wildman–Crippen LogP) is 2.90. The highest BCUT2D eigenvalue weighted by Crippen LogP contribution is 2.22. The summed E-state index contributed by atoms with van der Waals surface area (Å²) in [4.78, 5) is 0. The highest BCUT2D eigenvalue weighted by atomic mass is 19.1. The fourth-order valence-corrected chi connectivity index (χ4v) is 2.02. The molecule has 4 nitrogen and oxygen atoms in total. The Kier molecular flexibility index (Phi) is 4.39. The molecule has 1 aromatic carbocycles. The minimum atomic E-state index is -0.380. The Balaban J connectivity index is 2.07. The summed E-state index contributed by atoms with van der Waals surface area (Å²) in [6.07, 6.45) is 0.640. The van der Waals surface area contributed by atoms with Crippen molar-refractivity contribution in [3.05, 3.63) is 46.6 Å².